The maximum Gasteiger partial charge on any atom is 0.123 e. The minimum atomic E-state index is -0.149. The lowest BCUT2D eigenvalue weighted by molar-refractivity contribution is 0.482. The SMILES string of the molecule is CCCCCCC(C)NCc1ccc(F)cc1C. The van der Waals surface area contributed by atoms with E-state index in [0.717, 1.165) is 12.1 Å². The van der Waals surface area contributed by atoms with Crippen molar-refractivity contribution in [3.63, 3.8) is 0 Å². The third-order valence-electron chi connectivity index (χ3n) is 3.44. The fourth-order valence-corrected chi connectivity index (χ4v) is 2.12. The summed E-state index contributed by atoms with van der Waals surface area (Å²) in [5.74, 6) is -0.149. The van der Waals surface area contributed by atoms with E-state index >= 15 is 0 Å². The average molecular weight is 251 g/mol. The molecule has 0 radical (unpaired) electrons. The first-order valence-corrected chi connectivity index (χ1v) is 7.12. The zero-order valence-corrected chi connectivity index (χ0v) is 11.9. The first kappa shape index (κ1) is 15.2. The Labute approximate surface area is 111 Å². The van der Waals surface area contributed by atoms with Gasteiger partial charge in [-0.3, -0.25) is 0 Å². The van der Waals surface area contributed by atoms with E-state index in [-0.39, 0.29) is 5.82 Å². The molecule has 102 valence electrons. The zero-order valence-electron chi connectivity index (χ0n) is 11.9. The van der Waals surface area contributed by atoms with Crippen molar-refractivity contribution in [2.75, 3.05) is 0 Å². The molecule has 0 saturated heterocycles. The molecule has 0 aliphatic heterocycles. The molecule has 1 unspecified atom stereocenters. The normalized spacial score (nSPS) is 12.7. The molecule has 1 aromatic rings. The van der Waals surface area contributed by atoms with E-state index in [4.69, 9.17) is 0 Å². The van der Waals surface area contributed by atoms with Crippen LogP contribution >= 0.6 is 0 Å². The van der Waals surface area contributed by atoms with Crippen LogP contribution in [0.25, 0.3) is 0 Å². The van der Waals surface area contributed by atoms with E-state index in [1.54, 1.807) is 6.07 Å². The highest BCUT2D eigenvalue weighted by Gasteiger charge is 2.04. The summed E-state index contributed by atoms with van der Waals surface area (Å²) in [5.41, 5.74) is 2.22. The molecule has 18 heavy (non-hydrogen) atoms. The van der Waals surface area contributed by atoms with Crippen LogP contribution in [0.15, 0.2) is 18.2 Å². The quantitative estimate of drug-likeness (QED) is 0.667. The van der Waals surface area contributed by atoms with Crippen molar-refractivity contribution in [3.05, 3.63) is 35.1 Å². The number of aryl methyl sites for hydroxylation is 1. The molecule has 0 bridgehead atoms. The third-order valence-corrected chi connectivity index (χ3v) is 3.44. The minimum Gasteiger partial charge on any atom is -0.310 e. The molecule has 2 heteroatoms. The molecule has 0 fully saturated rings. The van der Waals surface area contributed by atoms with Gasteiger partial charge in [0.25, 0.3) is 0 Å². The number of hydrogen-bond acceptors (Lipinski definition) is 1. The van der Waals surface area contributed by atoms with E-state index in [1.807, 2.05) is 13.0 Å². The van der Waals surface area contributed by atoms with E-state index in [2.05, 4.69) is 19.2 Å². The average Bonchev–Trinajstić information content (AvgIpc) is 2.33. The van der Waals surface area contributed by atoms with Crippen molar-refractivity contribution in [2.45, 2.75) is 65.5 Å². The number of unbranched alkanes of at least 4 members (excludes halogenated alkanes) is 3. The number of nitrogens with one attached hydrogen (secondary N) is 1. The topological polar surface area (TPSA) is 12.0 Å². The Bertz CT molecular complexity index is 349. The van der Waals surface area contributed by atoms with Crippen LogP contribution in [-0.2, 0) is 6.54 Å². The smallest absolute Gasteiger partial charge is 0.123 e. The van der Waals surface area contributed by atoms with Gasteiger partial charge in [-0.1, -0.05) is 38.7 Å². The van der Waals surface area contributed by atoms with Gasteiger partial charge in [0, 0.05) is 12.6 Å². The van der Waals surface area contributed by atoms with Crippen LogP contribution in [0, 0.1) is 12.7 Å². The largest absolute Gasteiger partial charge is 0.310 e. The van der Waals surface area contributed by atoms with Crippen molar-refractivity contribution >= 4 is 0 Å². The van der Waals surface area contributed by atoms with Crippen LogP contribution in [0.2, 0.25) is 0 Å². The second-order valence-corrected chi connectivity index (χ2v) is 5.20. The lowest BCUT2D eigenvalue weighted by Gasteiger charge is -2.15. The standard InChI is InChI=1S/C16H26FN/c1-4-5-6-7-8-14(3)18-12-15-9-10-16(17)11-13(15)2/h9-11,14,18H,4-8,12H2,1-3H3. The Morgan fingerprint density at radius 2 is 2.00 bits per heavy atom. The summed E-state index contributed by atoms with van der Waals surface area (Å²) in [6.45, 7) is 7.26. The molecule has 1 rings (SSSR count). The summed E-state index contributed by atoms with van der Waals surface area (Å²) in [7, 11) is 0. The molecule has 0 amide bonds. The summed E-state index contributed by atoms with van der Waals surface area (Å²) < 4.78 is 13.0. The highest BCUT2D eigenvalue weighted by atomic mass is 19.1. The number of halogens is 1. The number of benzene rings is 1. The van der Waals surface area contributed by atoms with E-state index < -0.39 is 0 Å². The Morgan fingerprint density at radius 1 is 1.22 bits per heavy atom. The highest BCUT2D eigenvalue weighted by molar-refractivity contribution is 5.26. The molecular weight excluding hydrogens is 225 g/mol. The maximum atomic E-state index is 13.0. The van der Waals surface area contributed by atoms with Gasteiger partial charge in [0.2, 0.25) is 0 Å². The molecule has 0 aliphatic carbocycles. The van der Waals surface area contributed by atoms with Crippen LogP contribution in [-0.4, -0.2) is 6.04 Å². The monoisotopic (exact) mass is 251 g/mol. The Morgan fingerprint density at radius 3 is 2.67 bits per heavy atom. The van der Waals surface area contributed by atoms with Crippen molar-refractivity contribution in [1.82, 2.24) is 5.32 Å². The molecule has 1 nitrogen and oxygen atoms in total. The summed E-state index contributed by atoms with van der Waals surface area (Å²) >= 11 is 0. The van der Waals surface area contributed by atoms with E-state index in [0.29, 0.717) is 6.04 Å². The second-order valence-electron chi connectivity index (χ2n) is 5.20. The van der Waals surface area contributed by atoms with Crippen LogP contribution in [0.5, 0.6) is 0 Å². The maximum absolute atomic E-state index is 13.0. The lowest BCUT2D eigenvalue weighted by atomic mass is 10.1. The molecule has 0 aromatic heterocycles. The Kier molecular flexibility index (Phi) is 6.96. The van der Waals surface area contributed by atoms with Crippen molar-refractivity contribution in [2.24, 2.45) is 0 Å². The van der Waals surface area contributed by atoms with Crippen molar-refractivity contribution in [3.8, 4) is 0 Å². The zero-order chi connectivity index (χ0) is 13.4. The van der Waals surface area contributed by atoms with Crippen molar-refractivity contribution in [1.29, 1.82) is 0 Å². The first-order valence-electron chi connectivity index (χ1n) is 7.12. The second kappa shape index (κ2) is 8.25. The summed E-state index contributed by atoms with van der Waals surface area (Å²) in [4.78, 5) is 0. The summed E-state index contributed by atoms with van der Waals surface area (Å²) in [6, 6.07) is 5.55. The number of hydrogen-bond donors (Lipinski definition) is 1. The summed E-state index contributed by atoms with van der Waals surface area (Å²) in [6.07, 6.45) is 6.48. The van der Waals surface area contributed by atoms with E-state index in [9.17, 15) is 4.39 Å². The van der Waals surface area contributed by atoms with Gasteiger partial charge in [-0.05, 0) is 43.5 Å². The fraction of sp³-hybridized carbons (Fsp3) is 0.625. The van der Waals surface area contributed by atoms with Gasteiger partial charge in [-0.15, -0.1) is 0 Å². The van der Waals surface area contributed by atoms with Gasteiger partial charge < -0.3 is 5.32 Å². The molecule has 1 aromatic carbocycles. The van der Waals surface area contributed by atoms with Crippen LogP contribution in [0.3, 0.4) is 0 Å². The predicted molar refractivity (Wildman–Crippen MR) is 76.2 cm³/mol. The van der Waals surface area contributed by atoms with Crippen LogP contribution in [0.1, 0.15) is 57.1 Å². The highest BCUT2D eigenvalue weighted by Crippen LogP contribution is 2.11. The van der Waals surface area contributed by atoms with E-state index in [1.165, 1.54) is 43.7 Å². The summed E-state index contributed by atoms with van der Waals surface area (Å²) in [5, 5.41) is 3.51. The molecule has 0 saturated carbocycles. The minimum absolute atomic E-state index is 0.149. The molecule has 0 heterocycles. The fourth-order valence-electron chi connectivity index (χ4n) is 2.12. The van der Waals surface area contributed by atoms with Gasteiger partial charge in [-0.2, -0.15) is 0 Å². The molecule has 1 N–H and O–H groups in total. The first-order chi connectivity index (χ1) is 8.63. The van der Waals surface area contributed by atoms with Gasteiger partial charge in [0.15, 0.2) is 0 Å². The molecular formula is C16H26FN. The van der Waals surface area contributed by atoms with Gasteiger partial charge >= 0.3 is 0 Å². The van der Waals surface area contributed by atoms with Crippen LogP contribution < -0.4 is 5.32 Å². The number of rotatable bonds is 8. The molecule has 0 spiro atoms. The molecule has 1 atom stereocenters. The Hall–Kier alpha value is -0.890. The lowest BCUT2D eigenvalue weighted by Crippen LogP contribution is -2.25. The van der Waals surface area contributed by atoms with Crippen molar-refractivity contribution < 1.29 is 4.39 Å². The molecule has 0 aliphatic rings. The predicted octanol–water partition coefficient (Wildman–Crippen LogP) is 4.58. The van der Waals surface area contributed by atoms with Crippen LogP contribution in [0.4, 0.5) is 4.39 Å². The Balaban J connectivity index is 2.27. The third kappa shape index (κ3) is 5.63. The van der Waals surface area contributed by atoms with Gasteiger partial charge in [-0.25, -0.2) is 4.39 Å². The van der Waals surface area contributed by atoms with Gasteiger partial charge in [0.1, 0.15) is 5.82 Å². The van der Waals surface area contributed by atoms with Gasteiger partial charge in [0.05, 0.1) is 0 Å².